The Morgan fingerprint density at radius 1 is 1.33 bits per heavy atom. The number of methoxy groups -OCH3 is 2. The third kappa shape index (κ3) is 4.37. The maximum atomic E-state index is 12.0. The first kappa shape index (κ1) is 16.3. The lowest BCUT2D eigenvalue weighted by Crippen LogP contribution is -2.42. The van der Waals surface area contributed by atoms with Gasteiger partial charge in [-0.2, -0.15) is 0 Å². The van der Waals surface area contributed by atoms with Crippen LogP contribution in [-0.4, -0.2) is 43.2 Å². The minimum atomic E-state index is -1.40. The van der Waals surface area contributed by atoms with E-state index in [4.69, 9.17) is 15.6 Å². The Labute approximate surface area is 120 Å². The zero-order valence-corrected chi connectivity index (χ0v) is 11.6. The van der Waals surface area contributed by atoms with E-state index in [0.717, 1.165) is 7.11 Å². The Bertz CT molecular complexity index is 558. The molecule has 21 heavy (non-hydrogen) atoms. The number of carboxylic acid groups (broad SMARTS) is 1. The van der Waals surface area contributed by atoms with E-state index in [1.54, 1.807) is 0 Å². The number of carbonyl (C=O) groups is 3. The van der Waals surface area contributed by atoms with Crippen molar-refractivity contribution in [3.05, 3.63) is 23.8 Å². The van der Waals surface area contributed by atoms with Gasteiger partial charge in [0.05, 0.1) is 26.2 Å². The molecular weight excluding hydrogens is 280 g/mol. The largest absolute Gasteiger partial charge is 0.497 e. The number of hydrogen-bond acceptors (Lipinski definition) is 6. The fraction of sp³-hybridized carbons (Fsp3) is 0.308. The number of amides is 1. The highest BCUT2D eigenvalue weighted by molar-refractivity contribution is 6.01. The van der Waals surface area contributed by atoms with Crippen LogP contribution in [-0.2, 0) is 14.3 Å². The van der Waals surface area contributed by atoms with E-state index in [2.05, 4.69) is 10.1 Å². The first-order valence-electron chi connectivity index (χ1n) is 5.93. The quantitative estimate of drug-likeness (QED) is 0.498. The second-order valence-corrected chi connectivity index (χ2v) is 4.10. The molecule has 0 aromatic heterocycles. The summed E-state index contributed by atoms with van der Waals surface area (Å²) in [6.07, 6.45) is -0.479. The maximum Gasteiger partial charge on any atom is 0.326 e. The zero-order chi connectivity index (χ0) is 16.0. The first-order valence-corrected chi connectivity index (χ1v) is 5.93. The molecule has 0 saturated heterocycles. The topological polar surface area (TPSA) is 128 Å². The van der Waals surface area contributed by atoms with Gasteiger partial charge in [-0.05, 0) is 12.1 Å². The minimum Gasteiger partial charge on any atom is -0.497 e. The predicted octanol–water partition coefficient (Wildman–Crippen LogP) is 0.0235. The second kappa shape index (κ2) is 7.13. The molecule has 0 aliphatic rings. The molecule has 0 fully saturated rings. The summed E-state index contributed by atoms with van der Waals surface area (Å²) in [5.74, 6) is -2.33. The van der Waals surface area contributed by atoms with Crippen molar-refractivity contribution in [2.24, 2.45) is 0 Å². The maximum absolute atomic E-state index is 12.0. The van der Waals surface area contributed by atoms with Crippen molar-refractivity contribution in [3.8, 4) is 5.75 Å². The number of ether oxygens (including phenoxy) is 2. The summed E-state index contributed by atoms with van der Waals surface area (Å²) < 4.78 is 9.33. The molecule has 0 aliphatic carbocycles. The van der Waals surface area contributed by atoms with Crippen LogP contribution in [0.25, 0.3) is 0 Å². The fourth-order valence-corrected chi connectivity index (χ4v) is 1.56. The molecule has 114 valence electrons. The number of nitrogen functional groups attached to an aromatic ring is 1. The van der Waals surface area contributed by atoms with Crippen LogP contribution in [0, 0.1) is 0 Å². The molecule has 1 rings (SSSR count). The number of benzene rings is 1. The van der Waals surface area contributed by atoms with Crippen molar-refractivity contribution in [3.63, 3.8) is 0 Å². The highest BCUT2D eigenvalue weighted by Crippen LogP contribution is 2.19. The average Bonchev–Trinajstić information content (AvgIpc) is 2.45. The highest BCUT2D eigenvalue weighted by atomic mass is 16.5. The molecule has 0 unspecified atom stereocenters. The first-order chi connectivity index (χ1) is 9.88. The van der Waals surface area contributed by atoms with Gasteiger partial charge in [0.15, 0.2) is 0 Å². The molecule has 1 aromatic carbocycles. The van der Waals surface area contributed by atoms with Gasteiger partial charge < -0.3 is 25.6 Å². The highest BCUT2D eigenvalue weighted by Gasteiger charge is 2.25. The van der Waals surface area contributed by atoms with Gasteiger partial charge in [-0.3, -0.25) is 9.59 Å². The van der Waals surface area contributed by atoms with Gasteiger partial charge in [-0.1, -0.05) is 0 Å². The van der Waals surface area contributed by atoms with Gasteiger partial charge in [-0.15, -0.1) is 0 Å². The van der Waals surface area contributed by atoms with Crippen LogP contribution < -0.4 is 15.8 Å². The Hall–Kier alpha value is -2.77. The SMILES string of the molecule is COC(=O)C[C@H](NC(=O)c1ccc(OC)cc1N)C(=O)O. The van der Waals surface area contributed by atoms with E-state index in [9.17, 15) is 14.4 Å². The van der Waals surface area contributed by atoms with Gasteiger partial charge in [0.25, 0.3) is 5.91 Å². The minimum absolute atomic E-state index is 0.0897. The number of carboxylic acids is 1. The molecule has 1 atom stereocenters. The Kier molecular flexibility index (Phi) is 5.53. The Morgan fingerprint density at radius 3 is 2.48 bits per heavy atom. The van der Waals surface area contributed by atoms with E-state index in [0.29, 0.717) is 5.75 Å². The average molecular weight is 296 g/mol. The lowest BCUT2D eigenvalue weighted by Gasteiger charge is -2.14. The molecule has 0 heterocycles. The molecule has 1 amide bonds. The van der Waals surface area contributed by atoms with Crippen molar-refractivity contribution in [2.75, 3.05) is 20.0 Å². The van der Waals surface area contributed by atoms with Crippen molar-refractivity contribution in [1.82, 2.24) is 5.32 Å². The molecule has 0 aliphatic heterocycles. The van der Waals surface area contributed by atoms with Crippen molar-refractivity contribution < 1.29 is 29.0 Å². The van der Waals surface area contributed by atoms with E-state index in [1.807, 2.05) is 0 Å². The van der Waals surface area contributed by atoms with E-state index in [1.165, 1.54) is 25.3 Å². The number of nitrogens with one attached hydrogen (secondary N) is 1. The monoisotopic (exact) mass is 296 g/mol. The van der Waals surface area contributed by atoms with E-state index < -0.39 is 30.3 Å². The number of esters is 1. The van der Waals surface area contributed by atoms with Crippen LogP contribution in [0.3, 0.4) is 0 Å². The Balaban J connectivity index is 2.87. The van der Waals surface area contributed by atoms with Crippen LogP contribution >= 0.6 is 0 Å². The lowest BCUT2D eigenvalue weighted by molar-refractivity contribution is -0.147. The summed E-state index contributed by atoms with van der Waals surface area (Å²) in [6, 6.07) is 2.96. The third-order valence-corrected chi connectivity index (χ3v) is 2.71. The number of aliphatic carboxylic acids is 1. The van der Waals surface area contributed by atoms with Crippen molar-refractivity contribution >= 4 is 23.5 Å². The van der Waals surface area contributed by atoms with Crippen LogP contribution in [0.15, 0.2) is 18.2 Å². The standard InChI is InChI=1S/C13H16N2O6/c1-20-7-3-4-8(9(14)5-7)12(17)15-10(13(18)19)6-11(16)21-2/h3-5,10H,6,14H2,1-2H3,(H,15,17)(H,18,19)/t10-/m0/s1. The van der Waals surface area contributed by atoms with Crippen LogP contribution in [0.5, 0.6) is 5.75 Å². The summed E-state index contributed by atoms with van der Waals surface area (Å²) in [7, 11) is 2.58. The van der Waals surface area contributed by atoms with Gasteiger partial charge in [0.2, 0.25) is 0 Å². The molecule has 0 bridgehead atoms. The van der Waals surface area contributed by atoms with E-state index >= 15 is 0 Å². The predicted molar refractivity (Wildman–Crippen MR) is 72.9 cm³/mol. The summed E-state index contributed by atoms with van der Waals surface area (Å²) in [5.41, 5.74) is 5.92. The van der Waals surface area contributed by atoms with Gasteiger partial charge >= 0.3 is 11.9 Å². The van der Waals surface area contributed by atoms with Crippen LogP contribution in [0.2, 0.25) is 0 Å². The number of nitrogens with two attached hydrogens (primary N) is 1. The molecule has 8 heteroatoms. The molecule has 1 aromatic rings. The van der Waals surface area contributed by atoms with Crippen molar-refractivity contribution in [2.45, 2.75) is 12.5 Å². The van der Waals surface area contributed by atoms with Gasteiger partial charge in [0.1, 0.15) is 11.8 Å². The number of rotatable bonds is 6. The van der Waals surface area contributed by atoms with Gasteiger partial charge in [0, 0.05) is 11.8 Å². The number of anilines is 1. The molecule has 4 N–H and O–H groups in total. The molecule has 0 spiro atoms. The lowest BCUT2D eigenvalue weighted by atomic mass is 10.1. The zero-order valence-electron chi connectivity index (χ0n) is 11.6. The Morgan fingerprint density at radius 2 is 2.00 bits per heavy atom. The third-order valence-electron chi connectivity index (χ3n) is 2.71. The fourth-order valence-electron chi connectivity index (χ4n) is 1.56. The second-order valence-electron chi connectivity index (χ2n) is 4.10. The summed E-state index contributed by atoms with van der Waals surface area (Å²) in [6.45, 7) is 0. The van der Waals surface area contributed by atoms with Crippen LogP contribution in [0.1, 0.15) is 16.8 Å². The van der Waals surface area contributed by atoms with Gasteiger partial charge in [-0.25, -0.2) is 4.79 Å². The smallest absolute Gasteiger partial charge is 0.326 e. The van der Waals surface area contributed by atoms with Crippen LogP contribution in [0.4, 0.5) is 5.69 Å². The number of carbonyl (C=O) groups excluding carboxylic acids is 2. The molecular formula is C13H16N2O6. The summed E-state index contributed by atoms with van der Waals surface area (Å²) in [4.78, 5) is 34.1. The molecule has 0 radical (unpaired) electrons. The molecule has 8 nitrogen and oxygen atoms in total. The van der Waals surface area contributed by atoms with Crippen molar-refractivity contribution in [1.29, 1.82) is 0 Å². The molecule has 0 saturated carbocycles. The summed E-state index contributed by atoms with van der Waals surface area (Å²) in [5, 5.41) is 11.2. The normalized spacial score (nSPS) is 11.3. The summed E-state index contributed by atoms with van der Waals surface area (Å²) >= 11 is 0. The van der Waals surface area contributed by atoms with E-state index in [-0.39, 0.29) is 11.3 Å². The number of hydrogen-bond donors (Lipinski definition) is 3.